The Morgan fingerprint density at radius 2 is 1.48 bits per heavy atom. The number of anilines is 1. The molecule has 0 atom stereocenters. The second-order valence-corrected chi connectivity index (χ2v) is 14.7. The number of hydrogen-bond donors (Lipinski definition) is 1. The van der Waals surface area contributed by atoms with Gasteiger partial charge in [0, 0.05) is 12.2 Å². The number of nitrogens with one attached hydrogen (secondary N) is 1. The Kier molecular flexibility index (Phi) is 9.27. The molecule has 0 aliphatic heterocycles. The van der Waals surface area contributed by atoms with Crippen molar-refractivity contribution < 1.29 is 39.5 Å². The summed E-state index contributed by atoms with van der Waals surface area (Å²) in [6, 6.07) is 26.9. The zero-order valence-corrected chi connectivity index (χ0v) is 25.5. The largest absolute Gasteiger partial charge is 0.572 e. The van der Waals surface area contributed by atoms with Gasteiger partial charge in [-0.1, -0.05) is 47.7 Å². The van der Waals surface area contributed by atoms with Gasteiger partial charge in [0.2, 0.25) is 0 Å². The molecule has 4 aromatic carbocycles. The van der Waals surface area contributed by atoms with E-state index in [1.165, 1.54) is 35.6 Å². The van der Waals surface area contributed by atoms with Gasteiger partial charge >= 0.3 is 15.6 Å². The molecule has 0 aliphatic carbocycles. The number of amides is 1. The molecule has 2 N–H and O–H groups in total. The first-order valence-corrected chi connectivity index (χ1v) is 16.9. The molecule has 5 rings (SSSR count). The SMILES string of the molecule is CCOCOc1ccc2nc(NC(=O)c3ccc(S([OH+]S(=O)(=O)C(F)(F)F)(c4ccccc4)c4ccccc4)cc3)sc2c1. The van der Waals surface area contributed by atoms with Crippen molar-refractivity contribution in [3.8, 4) is 5.75 Å². The molecule has 0 bridgehead atoms. The minimum absolute atomic E-state index is 0.105. The van der Waals surface area contributed by atoms with Crippen LogP contribution in [0.15, 0.2) is 118 Å². The van der Waals surface area contributed by atoms with Crippen molar-refractivity contribution in [1.29, 1.82) is 0 Å². The summed E-state index contributed by atoms with van der Waals surface area (Å²) in [5.74, 6) is 0.0760. The molecule has 0 spiro atoms. The summed E-state index contributed by atoms with van der Waals surface area (Å²) in [5.41, 5.74) is -4.78. The van der Waals surface area contributed by atoms with E-state index >= 15 is 0 Å². The minimum atomic E-state index is -5.93. The number of fused-ring (bicyclic) bond motifs is 1. The standard InChI is InChI=1S/C30H25F3N2O6S3/c1-2-39-20-40-22-15-18-26-27(19-22)42-29(34-26)35-28(36)21-13-16-25(17-14-21)43(23-9-5-3-6-10-23,24-11-7-4-8-12-24)41-44(37,38)30(31,32)33/h3-19H,2,20H2,1H3,(H,34,35,36)/p+1. The van der Waals surface area contributed by atoms with E-state index < -0.39 is 31.8 Å². The number of ether oxygens (including phenoxy) is 2. The highest BCUT2D eigenvalue weighted by Crippen LogP contribution is 2.68. The van der Waals surface area contributed by atoms with Gasteiger partial charge in [-0.25, -0.2) is 4.98 Å². The lowest BCUT2D eigenvalue weighted by atomic mass is 10.2. The lowest BCUT2D eigenvalue weighted by Gasteiger charge is -2.34. The van der Waals surface area contributed by atoms with Gasteiger partial charge in [-0.15, -0.1) is 8.42 Å². The fraction of sp³-hybridized carbons (Fsp3) is 0.133. The van der Waals surface area contributed by atoms with E-state index in [4.69, 9.17) is 9.47 Å². The fourth-order valence-corrected chi connectivity index (χ4v) is 10.1. The first-order chi connectivity index (χ1) is 21.0. The van der Waals surface area contributed by atoms with E-state index in [9.17, 15) is 26.4 Å². The van der Waals surface area contributed by atoms with Gasteiger partial charge in [0.15, 0.2) is 11.9 Å². The highest BCUT2D eigenvalue weighted by molar-refractivity contribution is 8.32. The number of halogens is 3. The van der Waals surface area contributed by atoms with Crippen molar-refractivity contribution in [2.75, 3.05) is 18.7 Å². The first kappa shape index (κ1) is 31.5. The van der Waals surface area contributed by atoms with Crippen molar-refractivity contribution in [1.82, 2.24) is 4.98 Å². The molecule has 8 nitrogen and oxygen atoms in total. The molecule has 1 heterocycles. The number of rotatable bonds is 11. The Morgan fingerprint density at radius 3 is 2.05 bits per heavy atom. The van der Waals surface area contributed by atoms with E-state index in [1.54, 1.807) is 78.9 Å². The van der Waals surface area contributed by atoms with E-state index in [2.05, 4.69) is 13.9 Å². The smallest absolute Gasteiger partial charge is 0.468 e. The molecule has 0 aliphatic rings. The third-order valence-electron chi connectivity index (χ3n) is 6.22. The monoisotopic (exact) mass is 663 g/mol. The second-order valence-electron chi connectivity index (χ2n) is 9.08. The van der Waals surface area contributed by atoms with E-state index in [0.29, 0.717) is 23.0 Å². The van der Waals surface area contributed by atoms with Crippen LogP contribution in [0.3, 0.4) is 0 Å². The second kappa shape index (κ2) is 13.0. The molecule has 0 saturated heterocycles. The van der Waals surface area contributed by atoms with Crippen LogP contribution < -0.4 is 10.1 Å². The predicted octanol–water partition coefficient (Wildman–Crippen LogP) is 8.06. The fourth-order valence-electron chi connectivity index (χ4n) is 4.18. The van der Waals surface area contributed by atoms with Crippen molar-refractivity contribution in [2.24, 2.45) is 0 Å². The Bertz CT molecular complexity index is 1810. The summed E-state index contributed by atoms with van der Waals surface area (Å²) in [7, 11) is -9.28. The molecular weight excluding hydrogens is 638 g/mol. The van der Waals surface area contributed by atoms with Crippen LogP contribution in [0.25, 0.3) is 10.2 Å². The molecule has 0 fully saturated rings. The molecule has 5 aromatic rings. The molecule has 14 heteroatoms. The van der Waals surface area contributed by atoms with Crippen LogP contribution >= 0.6 is 21.6 Å². The van der Waals surface area contributed by atoms with Crippen molar-refractivity contribution in [3.63, 3.8) is 0 Å². The maximum atomic E-state index is 13.7. The molecule has 0 radical (unpaired) electrons. The van der Waals surface area contributed by atoms with Crippen LogP contribution in [-0.2, 0) is 14.9 Å². The van der Waals surface area contributed by atoms with Crippen LogP contribution in [0.4, 0.5) is 18.3 Å². The maximum absolute atomic E-state index is 13.7. The Labute approximate surface area is 257 Å². The topological polar surface area (TPSA) is 107 Å². The summed E-state index contributed by atoms with van der Waals surface area (Å²) in [4.78, 5) is 18.3. The van der Waals surface area contributed by atoms with Gasteiger partial charge in [-0.2, -0.15) is 13.2 Å². The highest BCUT2D eigenvalue weighted by atomic mass is 32.3. The van der Waals surface area contributed by atoms with E-state index in [1.807, 2.05) is 6.92 Å². The summed E-state index contributed by atoms with van der Waals surface area (Å²) in [5, 5.41) is 3.07. The van der Waals surface area contributed by atoms with Gasteiger partial charge in [0.05, 0.1) is 35.2 Å². The molecule has 230 valence electrons. The Morgan fingerprint density at radius 1 is 0.886 bits per heavy atom. The number of hydrogen-bond acceptors (Lipinski definition) is 7. The van der Waals surface area contributed by atoms with E-state index in [-0.39, 0.29) is 27.0 Å². The number of nitrogens with zero attached hydrogens (tertiary/aromatic N) is 1. The lowest BCUT2D eigenvalue weighted by Crippen LogP contribution is -2.30. The molecule has 1 aromatic heterocycles. The van der Waals surface area contributed by atoms with E-state index in [0.717, 1.165) is 4.70 Å². The van der Waals surface area contributed by atoms with Crippen LogP contribution in [-0.4, -0.2) is 41.8 Å². The van der Waals surface area contributed by atoms with Crippen molar-refractivity contribution >= 4 is 53.0 Å². The van der Waals surface area contributed by atoms with Gasteiger partial charge in [0.1, 0.15) is 5.75 Å². The zero-order chi connectivity index (χ0) is 31.4. The van der Waals surface area contributed by atoms with Crippen LogP contribution in [0.1, 0.15) is 17.3 Å². The quantitative estimate of drug-likeness (QED) is 0.0504. The third-order valence-corrected chi connectivity index (χ3v) is 12.3. The molecule has 1 amide bonds. The average Bonchev–Trinajstić information content (AvgIpc) is 3.42. The number of thiazole rings is 1. The lowest BCUT2D eigenvalue weighted by molar-refractivity contribution is -0.0540. The van der Waals surface area contributed by atoms with Crippen LogP contribution in [0, 0.1) is 0 Å². The van der Waals surface area contributed by atoms with Crippen LogP contribution in [0.5, 0.6) is 5.75 Å². The molecule has 0 unspecified atom stereocenters. The highest BCUT2D eigenvalue weighted by Gasteiger charge is 2.57. The molecule has 0 saturated carbocycles. The number of carbonyl (C=O) groups is 1. The van der Waals surface area contributed by atoms with Crippen LogP contribution in [0.2, 0.25) is 0 Å². The van der Waals surface area contributed by atoms with Crippen molar-refractivity contribution in [2.45, 2.75) is 27.1 Å². The number of alkyl halides is 3. The number of aromatic nitrogens is 1. The number of benzene rings is 4. The predicted molar refractivity (Wildman–Crippen MR) is 164 cm³/mol. The number of carbonyl (C=O) groups excluding carboxylic acids is 1. The van der Waals surface area contributed by atoms with Gasteiger partial charge < -0.3 is 9.47 Å². The summed E-state index contributed by atoms with van der Waals surface area (Å²) in [6.07, 6.45) is 0. The van der Waals surface area contributed by atoms with Gasteiger partial charge in [0.25, 0.3) is 5.91 Å². The minimum Gasteiger partial charge on any atom is -0.468 e. The van der Waals surface area contributed by atoms with Crippen molar-refractivity contribution in [3.05, 3.63) is 109 Å². The van der Waals surface area contributed by atoms with Gasteiger partial charge in [-0.3, -0.25) is 13.7 Å². The normalized spacial score (nSPS) is 12.6. The van der Waals surface area contributed by atoms with Gasteiger partial charge in [-0.05, 0) is 73.7 Å². The summed E-state index contributed by atoms with van der Waals surface area (Å²) >= 11 is 1.24. The maximum Gasteiger partial charge on any atom is 0.572 e. The Hall–Kier alpha value is -3.95. The summed E-state index contributed by atoms with van der Waals surface area (Å²) in [6.45, 7) is 2.48. The molecule has 44 heavy (non-hydrogen) atoms. The Balaban J connectivity index is 1.49. The zero-order valence-electron chi connectivity index (χ0n) is 23.0. The molecular formula is C30H26F3N2O6S3+. The first-order valence-electron chi connectivity index (χ1n) is 13.0. The average molecular weight is 664 g/mol. The third kappa shape index (κ3) is 6.59. The summed E-state index contributed by atoms with van der Waals surface area (Å²) < 4.78 is 81.4.